The van der Waals surface area contributed by atoms with Crippen molar-refractivity contribution in [1.82, 2.24) is 0 Å². The fourth-order valence-electron chi connectivity index (χ4n) is 0.893. The zero-order valence-electron chi connectivity index (χ0n) is 6.10. The van der Waals surface area contributed by atoms with E-state index in [1.54, 1.807) is 0 Å². The molecule has 0 heterocycles. The Hall–Kier alpha value is -0.300. The van der Waals surface area contributed by atoms with Gasteiger partial charge in [0.25, 0.3) is 0 Å². The van der Waals surface area contributed by atoms with Gasteiger partial charge >= 0.3 is 0 Å². The maximum absolute atomic E-state index is 3.44. The van der Waals surface area contributed by atoms with Gasteiger partial charge in [-0.1, -0.05) is 39.7 Å². The molecule has 1 heteroatoms. The summed E-state index contributed by atoms with van der Waals surface area (Å²) in [5, 5.41) is 0. The van der Waals surface area contributed by atoms with Gasteiger partial charge in [-0.25, -0.2) is 0 Å². The zero-order chi connectivity index (χ0) is 7.40. The Kier molecular flexibility index (Phi) is 2.94. The SMILES string of the molecule is C/C1=C/C=C\C(Br)=C/CC1. The molecule has 1 aliphatic rings. The average Bonchev–Trinajstić information content (AvgIpc) is 1.84. The summed E-state index contributed by atoms with van der Waals surface area (Å²) in [6, 6.07) is 0. The van der Waals surface area contributed by atoms with Gasteiger partial charge in [-0.2, -0.15) is 0 Å². The second-order valence-corrected chi connectivity index (χ2v) is 3.42. The molecule has 0 nitrogen and oxygen atoms in total. The van der Waals surface area contributed by atoms with Crippen LogP contribution in [0.2, 0.25) is 0 Å². The topological polar surface area (TPSA) is 0 Å². The summed E-state index contributed by atoms with van der Waals surface area (Å²) in [6.07, 6.45) is 10.8. The maximum Gasteiger partial charge on any atom is 0.0135 e. The maximum atomic E-state index is 3.44. The number of halogens is 1. The van der Waals surface area contributed by atoms with Crippen LogP contribution < -0.4 is 0 Å². The third kappa shape index (κ3) is 2.53. The van der Waals surface area contributed by atoms with Crippen LogP contribution in [-0.2, 0) is 0 Å². The van der Waals surface area contributed by atoms with Crippen molar-refractivity contribution < 1.29 is 0 Å². The van der Waals surface area contributed by atoms with Crippen molar-refractivity contribution in [2.24, 2.45) is 0 Å². The molecule has 0 spiro atoms. The molecule has 0 saturated heterocycles. The first-order valence-corrected chi connectivity index (χ1v) is 4.28. The minimum Gasteiger partial charge on any atom is -0.0730 e. The van der Waals surface area contributed by atoms with Crippen LogP contribution in [0.3, 0.4) is 0 Å². The molecule has 0 fully saturated rings. The Morgan fingerprint density at radius 2 is 2.30 bits per heavy atom. The lowest BCUT2D eigenvalue weighted by molar-refractivity contribution is 0.974. The van der Waals surface area contributed by atoms with Gasteiger partial charge < -0.3 is 0 Å². The Bertz CT molecular complexity index is 197. The largest absolute Gasteiger partial charge is 0.0730 e. The molecule has 0 aromatic heterocycles. The quantitative estimate of drug-likeness (QED) is 0.559. The van der Waals surface area contributed by atoms with Gasteiger partial charge in [0.15, 0.2) is 0 Å². The lowest BCUT2D eigenvalue weighted by Gasteiger charge is -1.99. The first kappa shape index (κ1) is 7.80. The molecule has 0 bridgehead atoms. The summed E-state index contributed by atoms with van der Waals surface area (Å²) in [6.45, 7) is 2.16. The highest BCUT2D eigenvalue weighted by Crippen LogP contribution is 2.14. The van der Waals surface area contributed by atoms with Crippen LogP contribution in [0.15, 0.2) is 34.4 Å². The van der Waals surface area contributed by atoms with E-state index in [0.717, 1.165) is 6.42 Å². The van der Waals surface area contributed by atoms with E-state index in [4.69, 9.17) is 0 Å². The van der Waals surface area contributed by atoms with E-state index < -0.39 is 0 Å². The van der Waals surface area contributed by atoms with Gasteiger partial charge in [0, 0.05) is 4.48 Å². The Balaban J connectivity index is 2.70. The average molecular weight is 199 g/mol. The number of hydrogen-bond acceptors (Lipinski definition) is 0. The smallest absolute Gasteiger partial charge is 0.0135 e. The van der Waals surface area contributed by atoms with E-state index in [1.807, 2.05) is 0 Å². The monoisotopic (exact) mass is 198 g/mol. The summed E-state index contributed by atoms with van der Waals surface area (Å²) in [7, 11) is 0. The van der Waals surface area contributed by atoms with Crippen LogP contribution >= 0.6 is 15.9 Å². The highest BCUT2D eigenvalue weighted by atomic mass is 79.9. The summed E-state index contributed by atoms with van der Waals surface area (Å²) in [5.74, 6) is 0. The summed E-state index contributed by atoms with van der Waals surface area (Å²) in [5.41, 5.74) is 1.45. The molecule has 1 aliphatic carbocycles. The van der Waals surface area contributed by atoms with Crippen molar-refractivity contribution in [3.63, 3.8) is 0 Å². The van der Waals surface area contributed by atoms with Crippen molar-refractivity contribution in [3.8, 4) is 0 Å². The first-order valence-electron chi connectivity index (χ1n) is 3.48. The fourth-order valence-corrected chi connectivity index (χ4v) is 1.27. The minimum atomic E-state index is 1.15. The van der Waals surface area contributed by atoms with Crippen LogP contribution in [0.4, 0.5) is 0 Å². The molecule has 0 aromatic carbocycles. The lowest BCUT2D eigenvalue weighted by Crippen LogP contribution is -1.78. The van der Waals surface area contributed by atoms with E-state index in [-0.39, 0.29) is 0 Å². The molecule has 10 heavy (non-hydrogen) atoms. The number of rotatable bonds is 0. The molecular formula is C9H11Br. The molecule has 0 unspecified atom stereocenters. The number of hydrogen-bond donors (Lipinski definition) is 0. The second kappa shape index (κ2) is 3.77. The molecule has 0 aromatic rings. The lowest BCUT2D eigenvalue weighted by atomic mass is 10.1. The molecule has 1 rings (SSSR count). The van der Waals surface area contributed by atoms with E-state index in [9.17, 15) is 0 Å². The minimum absolute atomic E-state index is 1.15. The predicted molar refractivity (Wildman–Crippen MR) is 49.1 cm³/mol. The Morgan fingerprint density at radius 3 is 3.10 bits per heavy atom. The van der Waals surface area contributed by atoms with E-state index in [1.165, 1.54) is 16.5 Å². The second-order valence-electron chi connectivity index (χ2n) is 2.50. The van der Waals surface area contributed by atoms with Gasteiger partial charge in [-0.3, -0.25) is 0 Å². The van der Waals surface area contributed by atoms with Gasteiger partial charge in [-0.15, -0.1) is 0 Å². The summed E-state index contributed by atoms with van der Waals surface area (Å²) in [4.78, 5) is 0. The van der Waals surface area contributed by atoms with Crippen molar-refractivity contribution in [2.45, 2.75) is 19.8 Å². The first-order chi connectivity index (χ1) is 4.79. The normalized spacial score (nSPS) is 32.6. The molecule has 0 radical (unpaired) electrons. The Labute approximate surface area is 70.5 Å². The summed E-state index contributed by atoms with van der Waals surface area (Å²) < 4.78 is 1.19. The fraction of sp³-hybridized carbons (Fsp3) is 0.333. The van der Waals surface area contributed by atoms with Crippen molar-refractivity contribution in [1.29, 1.82) is 0 Å². The molecule has 0 atom stereocenters. The van der Waals surface area contributed by atoms with Gasteiger partial charge in [0.05, 0.1) is 0 Å². The van der Waals surface area contributed by atoms with Gasteiger partial charge in [0.1, 0.15) is 0 Å². The van der Waals surface area contributed by atoms with Crippen LogP contribution in [0.1, 0.15) is 19.8 Å². The van der Waals surface area contributed by atoms with Crippen LogP contribution in [-0.4, -0.2) is 0 Å². The highest BCUT2D eigenvalue weighted by molar-refractivity contribution is 9.11. The molecule has 0 aliphatic heterocycles. The van der Waals surface area contributed by atoms with E-state index in [2.05, 4.69) is 47.2 Å². The molecule has 0 N–H and O–H groups in total. The van der Waals surface area contributed by atoms with Crippen molar-refractivity contribution in [3.05, 3.63) is 34.4 Å². The van der Waals surface area contributed by atoms with Gasteiger partial charge in [0.2, 0.25) is 0 Å². The standard InChI is InChI=1S/C9H11Br/c1-8-4-2-6-9(10)7-3-5-8/h2,4,6-7H,3,5H2,1H3/b6-2-,8-4-,9-7+. The van der Waals surface area contributed by atoms with Gasteiger partial charge in [-0.05, 0) is 25.8 Å². The van der Waals surface area contributed by atoms with Crippen LogP contribution in [0.5, 0.6) is 0 Å². The van der Waals surface area contributed by atoms with Crippen molar-refractivity contribution in [2.75, 3.05) is 0 Å². The predicted octanol–water partition coefficient (Wildman–Crippen LogP) is 3.56. The van der Waals surface area contributed by atoms with Crippen LogP contribution in [0.25, 0.3) is 0 Å². The third-order valence-electron chi connectivity index (χ3n) is 1.51. The highest BCUT2D eigenvalue weighted by Gasteiger charge is 1.91. The zero-order valence-corrected chi connectivity index (χ0v) is 7.69. The Morgan fingerprint density at radius 1 is 1.50 bits per heavy atom. The van der Waals surface area contributed by atoms with Crippen LogP contribution in [0, 0.1) is 0 Å². The van der Waals surface area contributed by atoms with E-state index in [0.29, 0.717) is 0 Å². The summed E-state index contributed by atoms with van der Waals surface area (Å²) >= 11 is 3.44. The third-order valence-corrected chi connectivity index (χ3v) is 2.10. The van der Waals surface area contributed by atoms with E-state index >= 15 is 0 Å². The number of allylic oxidation sites excluding steroid dienone is 6. The van der Waals surface area contributed by atoms with Crippen molar-refractivity contribution >= 4 is 15.9 Å². The molecule has 0 saturated carbocycles. The molecule has 0 amide bonds. The molecule has 54 valence electrons. The molecular weight excluding hydrogens is 188 g/mol.